The SMILES string of the molecule is CC(C)NC(=O)[C@H](Cc1ccccc1)N(Cc1ccccc1F)C(=O)Cc1ccccc1[N+](=O)[O-]. The zero-order valence-corrected chi connectivity index (χ0v) is 19.7. The molecule has 0 spiro atoms. The fourth-order valence-corrected chi connectivity index (χ4v) is 3.85. The Hall–Kier alpha value is -4.07. The predicted molar refractivity (Wildman–Crippen MR) is 131 cm³/mol. The van der Waals surface area contributed by atoms with Crippen LogP contribution in [0.1, 0.15) is 30.5 Å². The fraction of sp³-hybridized carbons (Fsp3) is 0.259. The molecular formula is C27H28FN3O4. The zero-order valence-electron chi connectivity index (χ0n) is 19.7. The summed E-state index contributed by atoms with van der Waals surface area (Å²) < 4.78 is 14.6. The van der Waals surface area contributed by atoms with Gasteiger partial charge in [0.2, 0.25) is 11.8 Å². The summed E-state index contributed by atoms with van der Waals surface area (Å²) in [6.45, 7) is 3.47. The maximum absolute atomic E-state index is 14.6. The van der Waals surface area contributed by atoms with Crippen molar-refractivity contribution in [1.29, 1.82) is 0 Å². The minimum absolute atomic E-state index is 0.158. The van der Waals surface area contributed by atoms with Gasteiger partial charge in [0.25, 0.3) is 5.69 Å². The largest absolute Gasteiger partial charge is 0.352 e. The smallest absolute Gasteiger partial charge is 0.273 e. The molecule has 3 rings (SSSR count). The van der Waals surface area contributed by atoms with E-state index in [1.807, 2.05) is 44.2 Å². The molecule has 2 amide bonds. The van der Waals surface area contributed by atoms with E-state index in [2.05, 4.69) is 5.32 Å². The summed E-state index contributed by atoms with van der Waals surface area (Å²) in [5, 5.41) is 14.3. The standard InChI is InChI=1S/C27H28FN3O4/c1-19(2)29-27(33)25(16-20-10-4-3-5-11-20)30(18-22-13-6-8-14-23(22)28)26(32)17-21-12-7-9-15-24(21)31(34)35/h3-15,19,25H,16-18H2,1-2H3,(H,29,33)/t25-/m0/s1. The number of nitrogens with one attached hydrogen (secondary N) is 1. The molecule has 0 saturated heterocycles. The highest BCUT2D eigenvalue weighted by molar-refractivity contribution is 5.89. The van der Waals surface area contributed by atoms with Gasteiger partial charge in [0.15, 0.2) is 0 Å². The number of hydrogen-bond acceptors (Lipinski definition) is 4. The maximum Gasteiger partial charge on any atom is 0.273 e. The van der Waals surface area contributed by atoms with Gasteiger partial charge in [0.05, 0.1) is 11.3 Å². The number of rotatable bonds is 10. The third-order valence-electron chi connectivity index (χ3n) is 5.53. The van der Waals surface area contributed by atoms with Crippen molar-refractivity contribution in [2.24, 2.45) is 0 Å². The minimum Gasteiger partial charge on any atom is -0.352 e. The Bertz CT molecular complexity index is 1180. The third-order valence-corrected chi connectivity index (χ3v) is 5.53. The van der Waals surface area contributed by atoms with Crippen LogP contribution in [0.4, 0.5) is 10.1 Å². The van der Waals surface area contributed by atoms with Crippen LogP contribution in [-0.4, -0.2) is 33.7 Å². The highest BCUT2D eigenvalue weighted by Gasteiger charge is 2.32. The van der Waals surface area contributed by atoms with Gasteiger partial charge in [-0.3, -0.25) is 19.7 Å². The number of carbonyl (C=O) groups is 2. The molecule has 1 N–H and O–H groups in total. The van der Waals surface area contributed by atoms with Gasteiger partial charge >= 0.3 is 0 Å². The minimum atomic E-state index is -0.949. The van der Waals surface area contributed by atoms with Crippen molar-refractivity contribution in [3.05, 3.63) is 111 Å². The second-order valence-electron chi connectivity index (χ2n) is 8.54. The topological polar surface area (TPSA) is 92.6 Å². The maximum atomic E-state index is 14.6. The number of para-hydroxylation sites is 1. The molecular weight excluding hydrogens is 449 g/mol. The molecule has 0 heterocycles. The first-order valence-corrected chi connectivity index (χ1v) is 11.4. The van der Waals surface area contributed by atoms with Crippen LogP contribution < -0.4 is 5.32 Å². The lowest BCUT2D eigenvalue weighted by atomic mass is 10.0. The first kappa shape index (κ1) is 25.6. The summed E-state index contributed by atoms with van der Waals surface area (Å²) in [6, 6.07) is 20.1. The molecule has 35 heavy (non-hydrogen) atoms. The quantitative estimate of drug-likeness (QED) is 0.345. The number of hydrogen-bond donors (Lipinski definition) is 1. The molecule has 1 atom stereocenters. The lowest BCUT2D eigenvalue weighted by Gasteiger charge is -2.32. The molecule has 0 aliphatic carbocycles. The third kappa shape index (κ3) is 6.96. The summed E-state index contributed by atoms with van der Waals surface area (Å²) in [5.41, 5.74) is 1.12. The van der Waals surface area contributed by atoms with Gasteiger partial charge in [-0.1, -0.05) is 66.7 Å². The van der Waals surface area contributed by atoms with Gasteiger partial charge in [-0.05, 0) is 25.5 Å². The molecule has 0 bridgehead atoms. The fourth-order valence-electron chi connectivity index (χ4n) is 3.85. The van der Waals surface area contributed by atoms with Crippen molar-refractivity contribution < 1.29 is 18.9 Å². The summed E-state index contributed by atoms with van der Waals surface area (Å²) in [5.74, 6) is -1.39. The second-order valence-corrected chi connectivity index (χ2v) is 8.54. The monoisotopic (exact) mass is 477 g/mol. The van der Waals surface area contributed by atoms with E-state index in [0.29, 0.717) is 0 Å². The van der Waals surface area contributed by atoms with E-state index in [0.717, 1.165) is 5.56 Å². The highest BCUT2D eigenvalue weighted by Crippen LogP contribution is 2.22. The van der Waals surface area contributed by atoms with E-state index in [9.17, 15) is 24.1 Å². The summed E-state index contributed by atoms with van der Waals surface area (Å²) >= 11 is 0. The summed E-state index contributed by atoms with van der Waals surface area (Å²) in [4.78, 5) is 39.2. The van der Waals surface area contributed by atoms with E-state index in [-0.39, 0.29) is 48.1 Å². The van der Waals surface area contributed by atoms with Crippen LogP contribution >= 0.6 is 0 Å². The van der Waals surface area contributed by atoms with Crippen LogP contribution in [0, 0.1) is 15.9 Å². The van der Waals surface area contributed by atoms with E-state index >= 15 is 0 Å². The first-order valence-electron chi connectivity index (χ1n) is 11.4. The van der Waals surface area contributed by atoms with Gasteiger partial charge in [0.1, 0.15) is 11.9 Å². The average Bonchev–Trinajstić information content (AvgIpc) is 2.82. The summed E-state index contributed by atoms with van der Waals surface area (Å²) in [6.07, 6.45) is -0.0949. The normalized spacial score (nSPS) is 11.7. The number of benzene rings is 3. The average molecular weight is 478 g/mol. The molecule has 7 nitrogen and oxygen atoms in total. The van der Waals surface area contributed by atoms with Crippen LogP contribution in [0.5, 0.6) is 0 Å². The van der Waals surface area contributed by atoms with Gasteiger partial charge in [-0.25, -0.2) is 4.39 Å². The van der Waals surface area contributed by atoms with Gasteiger partial charge < -0.3 is 10.2 Å². The molecule has 0 aliphatic heterocycles. The number of nitro groups is 1. The zero-order chi connectivity index (χ0) is 25.4. The Morgan fingerprint density at radius 2 is 1.54 bits per heavy atom. The Morgan fingerprint density at radius 1 is 0.943 bits per heavy atom. The number of nitrogens with zero attached hydrogens (tertiary/aromatic N) is 2. The van der Waals surface area contributed by atoms with E-state index in [1.54, 1.807) is 24.3 Å². The number of nitro benzene ring substituents is 1. The van der Waals surface area contributed by atoms with Crippen LogP contribution in [0.3, 0.4) is 0 Å². The molecule has 0 saturated carbocycles. The number of amides is 2. The lowest BCUT2D eigenvalue weighted by molar-refractivity contribution is -0.385. The van der Waals surface area contributed by atoms with Gasteiger partial charge in [-0.15, -0.1) is 0 Å². The van der Waals surface area contributed by atoms with E-state index in [4.69, 9.17) is 0 Å². The number of halogens is 1. The molecule has 182 valence electrons. The van der Waals surface area contributed by atoms with Gasteiger partial charge in [-0.2, -0.15) is 0 Å². The van der Waals surface area contributed by atoms with Crippen LogP contribution in [-0.2, 0) is 29.0 Å². The number of carbonyl (C=O) groups excluding carboxylic acids is 2. The Morgan fingerprint density at radius 3 is 2.17 bits per heavy atom. The van der Waals surface area contributed by atoms with E-state index < -0.39 is 22.7 Å². The molecule has 0 fully saturated rings. The highest BCUT2D eigenvalue weighted by atomic mass is 19.1. The molecule has 0 aliphatic rings. The van der Waals surface area contributed by atoms with Gasteiger partial charge in [0, 0.05) is 36.2 Å². The molecule has 0 unspecified atom stereocenters. The molecule has 3 aromatic rings. The predicted octanol–water partition coefficient (Wildman–Crippen LogP) is 4.44. The molecule has 3 aromatic carbocycles. The van der Waals surface area contributed by atoms with Crippen molar-refractivity contribution in [3.8, 4) is 0 Å². The van der Waals surface area contributed by atoms with Crippen molar-refractivity contribution >= 4 is 17.5 Å². The first-order chi connectivity index (χ1) is 16.8. The van der Waals surface area contributed by atoms with Crippen molar-refractivity contribution in [2.75, 3.05) is 0 Å². The Kier molecular flexibility index (Phi) is 8.67. The van der Waals surface area contributed by atoms with Crippen molar-refractivity contribution in [1.82, 2.24) is 10.2 Å². The van der Waals surface area contributed by atoms with E-state index in [1.165, 1.54) is 29.2 Å². The second kappa shape index (κ2) is 11.9. The Labute approximate surface area is 203 Å². The van der Waals surface area contributed by atoms with Crippen molar-refractivity contribution in [3.63, 3.8) is 0 Å². The van der Waals surface area contributed by atoms with Crippen molar-refractivity contribution in [2.45, 2.75) is 45.3 Å². The molecule has 0 aromatic heterocycles. The van der Waals surface area contributed by atoms with Crippen LogP contribution in [0.15, 0.2) is 78.9 Å². The Balaban J connectivity index is 2.02. The van der Waals surface area contributed by atoms with Crippen LogP contribution in [0.2, 0.25) is 0 Å². The lowest BCUT2D eigenvalue weighted by Crippen LogP contribution is -2.52. The van der Waals surface area contributed by atoms with Crippen LogP contribution in [0.25, 0.3) is 0 Å². The molecule has 0 radical (unpaired) electrons. The molecule has 8 heteroatoms. The summed E-state index contributed by atoms with van der Waals surface area (Å²) in [7, 11) is 0.